The van der Waals surface area contributed by atoms with Crippen LogP contribution in [-0.4, -0.2) is 17.5 Å². The van der Waals surface area contributed by atoms with Crippen molar-refractivity contribution in [1.82, 2.24) is 0 Å². The Balaban J connectivity index is 2.35. The van der Waals surface area contributed by atoms with Crippen molar-refractivity contribution in [3.63, 3.8) is 0 Å². The van der Waals surface area contributed by atoms with E-state index in [4.69, 9.17) is 11.5 Å². The number of nitrogens with two attached hydrogens (primary N) is 2. The quantitative estimate of drug-likeness (QED) is 0.635. The molecule has 1 aliphatic heterocycles. The van der Waals surface area contributed by atoms with Crippen LogP contribution < -0.4 is 11.5 Å². The Morgan fingerprint density at radius 3 is 2.53 bits per heavy atom. The fourth-order valence-corrected chi connectivity index (χ4v) is 1.47. The van der Waals surface area contributed by atoms with Crippen LogP contribution in [0.3, 0.4) is 0 Å². The second kappa shape index (κ2) is 3.20. The minimum atomic E-state index is -0.577. The van der Waals surface area contributed by atoms with Crippen molar-refractivity contribution in [2.24, 2.45) is 16.5 Å². The van der Waals surface area contributed by atoms with E-state index in [1.54, 1.807) is 18.2 Å². The lowest BCUT2D eigenvalue weighted by Crippen LogP contribution is -2.17. The number of hydrogen-bond donors (Lipinski definition) is 2. The molecule has 4 N–H and O–H groups in total. The summed E-state index contributed by atoms with van der Waals surface area (Å²) in [7, 11) is 0. The smallest absolute Gasteiger partial charge is 0.267 e. The molecule has 1 aliphatic carbocycles. The van der Waals surface area contributed by atoms with E-state index in [9.17, 15) is 9.59 Å². The summed E-state index contributed by atoms with van der Waals surface area (Å²) in [6, 6.07) is 0. The number of carbonyl (C=O) groups excluding carboxylic acids is 2. The summed E-state index contributed by atoms with van der Waals surface area (Å²) in [6.07, 6.45) is 5.46. The minimum Gasteiger partial charge on any atom is -0.366 e. The van der Waals surface area contributed by atoms with Gasteiger partial charge in [0, 0.05) is 5.57 Å². The van der Waals surface area contributed by atoms with Gasteiger partial charge in [0.15, 0.2) is 0 Å². The molecule has 0 atom stereocenters. The summed E-state index contributed by atoms with van der Waals surface area (Å²) in [4.78, 5) is 25.8. The highest BCUT2D eigenvalue weighted by Gasteiger charge is 2.20. The lowest BCUT2D eigenvalue weighted by molar-refractivity contribution is -0.115. The normalized spacial score (nSPS) is 18.4. The first-order valence-electron chi connectivity index (χ1n) is 4.39. The fraction of sp³-hybridized carbons (Fsp3) is 0.100. The van der Waals surface area contributed by atoms with Gasteiger partial charge in [-0.3, -0.25) is 9.59 Å². The van der Waals surface area contributed by atoms with Crippen LogP contribution in [0, 0.1) is 0 Å². The highest BCUT2D eigenvalue weighted by molar-refractivity contribution is 6.19. The first-order valence-corrected chi connectivity index (χ1v) is 4.39. The SMILES string of the molecule is NC(=O)C1=CC2=NC(C(N)=O)=CC2=CC1. The molecule has 1 heterocycles. The lowest BCUT2D eigenvalue weighted by Gasteiger charge is -2.07. The summed E-state index contributed by atoms with van der Waals surface area (Å²) >= 11 is 0. The molecule has 5 nitrogen and oxygen atoms in total. The molecule has 0 bridgehead atoms. The van der Waals surface area contributed by atoms with Gasteiger partial charge in [-0.1, -0.05) is 6.08 Å². The molecule has 0 unspecified atom stereocenters. The van der Waals surface area contributed by atoms with Crippen LogP contribution in [0.15, 0.2) is 40.1 Å². The van der Waals surface area contributed by atoms with Crippen molar-refractivity contribution in [1.29, 1.82) is 0 Å². The summed E-state index contributed by atoms with van der Waals surface area (Å²) in [5, 5.41) is 0. The Morgan fingerprint density at radius 1 is 1.20 bits per heavy atom. The number of primary amides is 2. The third-order valence-corrected chi connectivity index (χ3v) is 2.25. The van der Waals surface area contributed by atoms with Gasteiger partial charge in [0.1, 0.15) is 5.70 Å². The molecular weight excluding hydrogens is 194 g/mol. The van der Waals surface area contributed by atoms with Gasteiger partial charge < -0.3 is 11.5 Å². The molecule has 0 radical (unpaired) electrons. The second-order valence-electron chi connectivity index (χ2n) is 3.29. The topological polar surface area (TPSA) is 98.5 Å². The second-order valence-corrected chi connectivity index (χ2v) is 3.29. The molecule has 0 saturated heterocycles. The van der Waals surface area contributed by atoms with Crippen LogP contribution in [0.2, 0.25) is 0 Å². The van der Waals surface area contributed by atoms with Crippen molar-refractivity contribution in [2.45, 2.75) is 6.42 Å². The number of carbonyl (C=O) groups is 2. The van der Waals surface area contributed by atoms with Crippen molar-refractivity contribution < 1.29 is 9.59 Å². The summed E-state index contributed by atoms with van der Waals surface area (Å²) in [5.41, 5.74) is 12.3. The molecule has 0 fully saturated rings. The van der Waals surface area contributed by atoms with Crippen molar-refractivity contribution >= 4 is 17.5 Å². The highest BCUT2D eigenvalue weighted by atomic mass is 16.1. The fourth-order valence-electron chi connectivity index (χ4n) is 1.47. The van der Waals surface area contributed by atoms with Gasteiger partial charge in [-0.15, -0.1) is 0 Å². The van der Waals surface area contributed by atoms with Gasteiger partial charge in [-0.05, 0) is 24.1 Å². The zero-order chi connectivity index (χ0) is 11.0. The predicted octanol–water partition coefficient (Wildman–Crippen LogP) is -0.448. The van der Waals surface area contributed by atoms with E-state index in [0.29, 0.717) is 17.7 Å². The molecule has 0 saturated carbocycles. The van der Waals surface area contributed by atoms with E-state index >= 15 is 0 Å². The van der Waals surface area contributed by atoms with Crippen LogP contribution in [0.1, 0.15) is 6.42 Å². The number of aliphatic imine (C=N–C) groups is 1. The van der Waals surface area contributed by atoms with Crippen LogP contribution in [0.5, 0.6) is 0 Å². The Kier molecular flexibility index (Phi) is 2.00. The molecule has 5 heteroatoms. The molecule has 0 aromatic heterocycles. The van der Waals surface area contributed by atoms with E-state index in [0.717, 1.165) is 5.57 Å². The van der Waals surface area contributed by atoms with Gasteiger partial charge in [-0.25, -0.2) is 4.99 Å². The standard InChI is InChI=1S/C10H9N3O2/c11-9(14)6-2-1-5-3-8(10(12)15)13-7(5)4-6/h1,3-4H,2H2,(H2,11,14)(H2,12,15). The number of allylic oxidation sites excluding steroid dienone is 4. The Labute approximate surface area is 85.8 Å². The number of fused-ring (bicyclic) bond motifs is 1. The summed E-state index contributed by atoms with van der Waals surface area (Å²) in [5.74, 6) is -1.05. The lowest BCUT2D eigenvalue weighted by atomic mass is 9.98. The van der Waals surface area contributed by atoms with Crippen molar-refractivity contribution in [3.8, 4) is 0 Å². The summed E-state index contributed by atoms with van der Waals surface area (Å²) in [6.45, 7) is 0. The molecule has 2 aliphatic rings. The monoisotopic (exact) mass is 203 g/mol. The van der Waals surface area contributed by atoms with E-state index in [1.807, 2.05) is 0 Å². The molecule has 0 spiro atoms. The molecule has 0 aromatic rings. The maximum atomic E-state index is 10.9. The van der Waals surface area contributed by atoms with E-state index in [2.05, 4.69) is 4.99 Å². The zero-order valence-electron chi connectivity index (χ0n) is 7.86. The Hall–Kier alpha value is -2.17. The average Bonchev–Trinajstić information content (AvgIpc) is 2.59. The van der Waals surface area contributed by atoms with Crippen LogP contribution in [-0.2, 0) is 9.59 Å². The van der Waals surface area contributed by atoms with Gasteiger partial charge in [0.05, 0.1) is 5.71 Å². The van der Waals surface area contributed by atoms with Gasteiger partial charge in [-0.2, -0.15) is 0 Å². The average molecular weight is 203 g/mol. The molecular formula is C10H9N3O2. The van der Waals surface area contributed by atoms with Crippen molar-refractivity contribution in [2.75, 3.05) is 0 Å². The first-order chi connectivity index (χ1) is 7.08. The minimum absolute atomic E-state index is 0.207. The van der Waals surface area contributed by atoms with Gasteiger partial charge in [0.2, 0.25) is 5.91 Å². The van der Waals surface area contributed by atoms with Gasteiger partial charge >= 0.3 is 0 Å². The molecule has 2 amide bonds. The Morgan fingerprint density at radius 2 is 1.93 bits per heavy atom. The zero-order valence-corrected chi connectivity index (χ0v) is 7.86. The van der Waals surface area contributed by atoms with E-state index in [-0.39, 0.29) is 5.70 Å². The third kappa shape index (κ3) is 1.59. The number of rotatable bonds is 2. The predicted molar refractivity (Wildman–Crippen MR) is 54.7 cm³/mol. The largest absolute Gasteiger partial charge is 0.366 e. The maximum absolute atomic E-state index is 10.9. The first kappa shape index (κ1) is 9.39. The molecule has 2 rings (SSSR count). The molecule has 76 valence electrons. The number of nitrogens with zero attached hydrogens (tertiary/aromatic N) is 1. The molecule has 15 heavy (non-hydrogen) atoms. The van der Waals surface area contributed by atoms with Crippen molar-refractivity contribution in [3.05, 3.63) is 35.1 Å². The third-order valence-electron chi connectivity index (χ3n) is 2.25. The van der Waals surface area contributed by atoms with Gasteiger partial charge in [0.25, 0.3) is 5.91 Å². The summed E-state index contributed by atoms with van der Waals surface area (Å²) < 4.78 is 0. The number of hydrogen-bond acceptors (Lipinski definition) is 3. The number of amides is 2. The van der Waals surface area contributed by atoms with E-state index in [1.165, 1.54) is 0 Å². The highest BCUT2D eigenvalue weighted by Crippen LogP contribution is 2.23. The van der Waals surface area contributed by atoms with Crippen LogP contribution in [0.25, 0.3) is 0 Å². The Bertz CT molecular complexity index is 481. The molecule has 0 aromatic carbocycles. The van der Waals surface area contributed by atoms with Crippen LogP contribution in [0.4, 0.5) is 0 Å². The van der Waals surface area contributed by atoms with Crippen LogP contribution >= 0.6 is 0 Å². The maximum Gasteiger partial charge on any atom is 0.267 e. The van der Waals surface area contributed by atoms with E-state index < -0.39 is 11.8 Å².